The average Bonchev–Trinajstić information content (AvgIpc) is 2.86. The number of hydrogen-bond donors (Lipinski definition) is 1. The summed E-state index contributed by atoms with van der Waals surface area (Å²) in [6.45, 7) is 8.45. The number of carbonyl (C=O) groups excluding carboxylic acids is 2. The number of halogens is 2. The first-order valence-corrected chi connectivity index (χ1v) is 14.6. The van der Waals surface area contributed by atoms with Gasteiger partial charge < -0.3 is 10.2 Å². The number of carbonyl (C=O) groups is 2. The van der Waals surface area contributed by atoms with Crippen molar-refractivity contribution in [3.05, 3.63) is 94.0 Å². The normalized spacial score (nSPS) is 12.5. The lowest BCUT2D eigenvalue weighted by molar-refractivity contribution is -0.140. The SMILES string of the molecule is Cc1ccc(S(=O)(=O)N(CC(=O)N(Cc2ccccc2Cl)[C@H](C)C(=O)NC(C)(C)C)c2ccc(Cl)cc2)cc1. The van der Waals surface area contributed by atoms with Gasteiger partial charge in [0.1, 0.15) is 12.6 Å². The molecule has 10 heteroatoms. The Labute approximate surface area is 240 Å². The number of nitrogens with zero attached hydrogens (tertiary/aromatic N) is 2. The third-order valence-electron chi connectivity index (χ3n) is 5.97. The Balaban J connectivity index is 2.04. The number of benzene rings is 3. The number of anilines is 1. The van der Waals surface area contributed by atoms with Crippen LogP contribution in [0.1, 0.15) is 38.8 Å². The molecular weight excluding hydrogens is 557 g/mol. The van der Waals surface area contributed by atoms with E-state index < -0.39 is 34.1 Å². The standard InChI is InChI=1S/C29H33Cl2N3O4S/c1-20-10-16-25(17-11-20)39(37,38)34(24-14-12-23(30)13-15-24)19-27(35)33(18-22-8-6-7-9-26(22)31)21(2)28(36)32-29(3,4)5/h6-17,21H,18-19H2,1-5H3,(H,32,36)/t21-/m1/s1. The van der Waals surface area contributed by atoms with E-state index in [2.05, 4.69) is 5.32 Å². The molecule has 3 aromatic carbocycles. The highest BCUT2D eigenvalue weighted by Gasteiger charge is 2.33. The Kier molecular flexibility index (Phi) is 9.69. The average molecular weight is 591 g/mol. The first-order chi connectivity index (χ1) is 18.2. The minimum absolute atomic E-state index is 0.0102. The van der Waals surface area contributed by atoms with E-state index in [4.69, 9.17) is 23.2 Å². The molecular formula is C29H33Cl2N3O4S. The van der Waals surface area contributed by atoms with Crippen molar-refractivity contribution in [2.75, 3.05) is 10.8 Å². The zero-order chi connectivity index (χ0) is 29.0. The van der Waals surface area contributed by atoms with Crippen LogP contribution in [0.3, 0.4) is 0 Å². The lowest BCUT2D eigenvalue weighted by Crippen LogP contribution is -2.54. The van der Waals surface area contributed by atoms with Crippen LogP contribution in [0, 0.1) is 6.92 Å². The lowest BCUT2D eigenvalue weighted by Gasteiger charge is -2.33. The Hall–Kier alpha value is -3.07. The van der Waals surface area contributed by atoms with Crippen LogP contribution in [0.25, 0.3) is 0 Å². The van der Waals surface area contributed by atoms with Gasteiger partial charge in [0.15, 0.2) is 0 Å². The highest BCUT2D eigenvalue weighted by Crippen LogP contribution is 2.27. The molecule has 3 aromatic rings. The van der Waals surface area contributed by atoms with Gasteiger partial charge in [0.25, 0.3) is 10.0 Å². The molecule has 0 aliphatic rings. The first kappa shape index (κ1) is 30.5. The van der Waals surface area contributed by atoms with Crippen LogP contribution >= 0.6 is 23.2 Å². The van der Waals surface area contributed by atoms with E-state index in [0.29, 0.717) is 15.6 Å². The second-order valence-electron chi connectivity index (χ2n) is 10.3. The lowest BCUT2D eigenvalue weighted by atomic mass is 10.1. The molecule has 3 rings (SSSR count). The van der Waals surface area contributed by atoms with Crippen LogP contribution in [0.5, 0.6) is 0 Å². The monoisotopic (exact) mass is 589 g/mol. The summed E-state index contributed by atoms with van der Waals surface area (Å²) in [5.41, 5.74) is 1.25. The van der Waals surface area contributed by atoms with Crippen LogP contribution in [-0.4, -0.2) is 43.3 Å². The van der Waals surface area contributed by atoms with Gasteiger partial charge in [-0.1, -0.05) is 59.1 Å². The fourth-order valence-corrected chi connectivity index (χ4v) is 5.58. The maximum absolute atomic E-state index is 13.9. The van der Waals surface area contributed by atoms with Crippen molar-refractivity contribution < 1.29 is 18.0 Å². The first-order valence-electron chi connectivity index (χ1n) is 12.4. The van der Waals surface area contributed by atoms with Crippen molar-refractivity contribution in [2.45, 2.75) is 57.6 Å². The topological polar surface area (TPSA) is 86.8 Å². The van der Waals surface area contributed by atoms with Gasteiger partial charge in [0.05, 0.1) is 10.6 Å². The van der Waals surface area contributed by atoms with Crippen molar-refractivity contribution in [2.24, 2.45) is 0 Å². The Bertz CT molecular complexity index is 1420. The highest BCUT2D eigenvalue weighted by atomic mass is 35.5. The fraction of sp³-hybridized carbons (Fsp3) is 0.310. The Morgan fingerprint density at radius 2 is 1.51 bits per heavy atom. The molecule has 208 valence electrons. The second kappa shape index (κ2) is 12.4. The number of aryl methyl sites for hydroxylation is 1. The number of sulfonamides is 1. The van der Waals surface area contributed by atoms with E-state index in [1.54, 1.807) is 55.5 Å². The molecule has 0 saturated heterocycles. The van der Waals surface area contributed by atoms with Crippen molar-refractivity contribution in [1.29, 1.82) is 0 Å². The van der Waals surface area contributed by atoms with Crippen molar-refractivity contribution in [3.8, 4) is 0 Å². The van der Waals surface area contributed by atoms with Gasteiger partial charge in [0, 0.05) is 22.1 Å². The maximum Gasteiger partial charge on any atom is 0.264 e. The van der Waals surface area contributed by atoms with Crippen LogP contribution in [0.15, 0.2) is 77.7 Å². The summed E-state index contributed by atoms with van der Waals surface area (Å²) in [5.74, 6) is -0.945. The molecule has 0 aliphatic heterocycles. The number of rotatable bonds is 9. The summed E-state index contributed by atoms with van der Waals surface area (Å²) < 4.78 is 28.7. The molecule has 0 heterocycles. The highest BCUT2D eigenvalue weighted by molar-refractivity contribution is 7.92. The van der Waals surface area contributed by atoms with Crippen LogP contribution in [-0.2, 0) is 26.2 Å². The summed E-state index contributed by atoms with van der Waals surface area (Å²) in [6.07, 6.45) is 0. The third-order valence-corrected chi connectivity index (χ3v) is 8.38. The molecule has 2 amide bonds. The minimum atomic E-state index is -4.15. The molecule has 1 atom stereocenters. The van der Waals surface area contributed by atoms with Gasteiger partial charge in [0.2, 0.25) is 11.8 Å². The maximum atomic E-state index is 13.9. The van der Waals surface area contributed by atoms with E-state index in [-0.39, 0.29) is 23.0 Å². The Morgan fingerprint density at radius 1 is 0.923 bits per heavy atom. The fourth-order valence-electron chi connectivity index (χ4n) is 3.84. The van der Waals surface area contributed by atoms with Gasteiger partial charge in [-0.15, -0.1) is 0 Å². The summed E-state index contributed by atoms with van der Waals surface area (Å²) in [6, 6.07) is 18.7. The van der Waals surface area contributed by atoms with E-state index in [9.17, 15) is 18.0 Å². The Morgan fingerprint density at radius 3 is 2.08 bits per heavy atom. The summed E-state index contributed by atoms with van der Waals surface area (Å²) in [5, 5.41) is 3.75. The van der Waals surface area contributed by atoms with Crippen molar-refractivity contribution in [1.82, 2.24) is 10.2 Å². The minimum Gasteiger partial charge on any atom is -0.350 e. The van der Waals surface area contributed by atoms with Gasteiger partial charge in [-0.2, -0.15) is 0 Å². The zero-order valence-corrected chi connectivity index (χ0v) is 24.9. The molecule has 1 N–H and O–H groups in total. The van der Waals surface area contributed by atoms with E-state index in [1.165, 1.54) is 29.2 Å². The molecule has 0 aromatic heterocycles. The van der Waals surface area contributed by atoms with Gasteiger partial charge in [-0.05, 0) is 82.6 Å². The largest absolute Gasteiger partial charge is 0.350 e. The summed E-state index contributed by atoms with van der Waals surface area (Å²) >= 11 is 12.4. The van der Waals surface area contributed by atoms with E-state index >= 15 is 0 Å². The molecule has 0 radical (unpaired) electrons. The molecule has 39 heavy (non-hydrogen) atoms. The molecule has 0 aliphatic carbocycles. The summed E-state index contributed by atoms with van der Waals surface area (Å²) in [4.78, 5) is 28.4. The van der Waals surface area contributed by atoms with E-state index in [0.717, 1.165) is 9.87 Å². The molecule has 0 bridgehead atoms. The number of amides is 2. The predicted molar refractivity (Wildman–Crippen MR) is 157 cm³/mol. The van der Waals surface area contributed by atoms with Crippen LogP contribution < -0.4 is 9.62 Å². The number of nitrogens with one attached hydrogen (secondary N) is 1. The van der Waals surface area contributed by atoms with Crippen molar-refractivity contribution >= 4 is 50.7 Å². The quantitative estimate of drug-likeness (QED) is 0.340. The number of hydrogen-bond acceptors (Lipinski definition) is 4. The van der Waals surface area contributed by atoms with Gasteiger partial charge in [-0.3, -0.25) is 13.9 Å². The van der Waals surface area contributed by atoms with Crippen molar-refractivity contribution in [3.63, 3.8) is 0 Å². The molecule has 0 saturated carbocycles. The predicted octanol–water partition coefficient (Wildman–Crippen LogP) is 5.83. The summed E-state index contributed by atoms with van der Waals surface area (Å²) in [7, 11) is -4.15. The van der Waals surface area contributed by atoms with E-state index in [1.807, 2.05) is 27.7 Å². The van der Waals surface area contributed by atoms with Crippen LogP contribution in [0.2, 0.25) is 10.0 Å². The molecule has 0 fully saturated rings. The molecule has 0 unspecified atom stereocenters. The zero-order valence-electron chi connectivity index (χ0n) is 22.6. The smallest absolute Gasteiger partial charge is 0.264 e. The van der Waals surface area contributed by atoms with Gasteiger partial charge in [-0.25, -0.2) is 8.42 Å². The van der Waals surface area contributed by atoms with Gasteiger partial charge >= 0.3 is 0 Å². The molecule has 0 spiro atoms. The third kappa shape index (κ3) is 7.97. The van der Waals surface area contributed by atoms with Crippen LogP contribution in [0.4, 0.5) is 5.69 Å². The molecule has 7 nitrogen and oxygen atoms in total. The second-order valence-corrected chi connectivity index (χ2v) is 13.0.